The third-order valence-electron chi connectivity index (χ3n) is 3.08. The lowest BCUT2D eigenvalue weighted by atomic mass is 10.1. The van der Waals surface area contributed by atoms with E-state index in [1.807, 2.05) is 0 Å². The van der Waals surface area contributed by atoms with Crippen molar-refractivity contribution in [2.45, 2.75) is 6.10 Å². The number of amides is 1. The van der Waals surface area contributed by atoms with Gasteiger partial charge in [0.15, 0.2) is 11.6 Å². The van der Waals surface area contributed by atoms with Gasteiger partial charge in [-0.2, -0.15) is 0 Å². The van der Waals surface area contributed by atoms with Crippen LogP contribution < -0.4 is 10.6 Å². The van der Waals surface area contributed by atoms with Crippen molar-refractivity contribution in [2.24, 2.45) is 5.92 Å². The van der Waals surface area contributed by atoms with E-state index in [9.17, 15) is 18.7 Å². The van der Waals surface area contributed by atoms with Gasteiger partial charge in [-0.25, -0.2) is 8.78 Å². The van der Waals surface area contributed by atoms with Crippen LogP contribution in [0.4, 0.5) is 8.78 Å². The molecule has 0 aliphatic carbocycles. The molecule has 104 valence electrons. The summed E-state index contributed by atoms with van der Waals surface area (Å²) in [6.07, 6.45) is -0.527. The summed E-state index contributed by atoms with van der Waals surface area (Å²) in [7, 11) is 0. The molecule has 1 aliphatic heterocycles. The first-order valence-corrected chi connectivity index (χ1v) is 6.18. The van der Waals surface area contributed by atoms with Crippen molar-refractivity contribution in [3.05, 3.63) is 34.4 Å². The van der Waals surface area contributed by atoms with Gasteiger partial charge < -0.3 is 15.7 Å². The normalized spacial score (nSPS) is 22.5. The lowest BCUT2D eigenvalue weighted by molar-refractivity contribution is 0.0926. The molecule has 1 aromatic rings. The van der Waals surface area contributed by atoms with E-state index in [1.165, 1.54) is 0 Å². The standard InChI is InChI=1S/C12H13ClF2N2O2/c13-8-2-10(15)9(14)1-7(8)12(19)17-4-6-3-16-5-11(6)18/h1-2,6,11,16,18H,3-5H2,(H,17,19). The van der Waals surface area contributed by atoms with Crippen LogP contribution in [-0.4, -0.2) is 36.8 Å². The number of hydrogen-bond acceptors (Lipinski definition) is 3. The van der Waals surface area contributed by atoms with Gasteiger partial charge in [0.05, 0.1) is 16.7 Å². The van der Waals surface area contributed by atoms with E-state index >= 15 is 0 Å². The Morgan fingerprint density at radius 2 is 2.11 bits per heavy atom. The topological polar surface area (TPSA) is 61.4 Å². The van der Waals surface area contributed by atoms with Crippen LogP contribution in [0, 0.1) is 17.6 Å². The zero-order chi connectivity index (χ0) is 14.0. The number of carbonyl (C=O) groups excluding carboxylic acids is 1. The second-order valence-electron chi connectivity index (χ2n) is 4.44. The van der Waals surface area contributed by atoms with E-state index in [4.69, 9.17) is 11.6 Å². The van der Waals surface area contributed by atoms with E-state index in [2.05, 4.69) is 10.6 Å². The van der Waals surface area contributed by atoms with Crippen LogP contribution in [0.15, 0.2) is 12.1 Å². The first-order valence-electron chi connectivity index (χ1n) is 5.80. The number of benzene rings is 1. The van der Waals surface area contributed by atoms with Crippen molar-refractivity contribution in [3.63, 3.8) is 0 Å². The summed E-state index contributed by atoms with van der Waals surface area (Å²) in [6, 6.07) is 1.52. The largest absolute Gasteiger partial charge is 0.391 e. The Kier molecular flexibility index (Phi) is 4.34. The molecule has 1 amide bonds. The Labute approximate surface area is 113 Å². The number of aliphatic hydroxyl groups is 1. The quantitative estimate of drug-likeness (QED) is 0.726. The molecular formula is C12H13ClF2N2O2. The number of hydrogen-bond donors (Lipinski definition) is 3. The van der Waals surface area contributed by atoms with E-state index in [-0.39, 0.29) is 23.0 Å². The van der Waals surface area contributed by atoms with Gasteiger partial charge in [-0.3, -0.25) is 4.79 Å². The lowest BCUT2D eigenvalue weighted by Crippen LogP contribution is -2.34. The molecule has 1 fully saturated rings. The molecule has 0 spiro atoms. The van der Waals surface area contributed by atoms with Crippen LogP contribution in [0.1, 0.15) is 10.4 Å². The summed E-state index contributed by atoms with van der Waals surface area (Å²) in [5, 5.41) is 14.9. The average Bonchev–Trinajstić information content (AvgIpc) is 2.76. The zero-order valence-corrected chi connectivity index (χ0v) is 10.7. The Balaban J connectivity index is 2.02. The van der Waals surface area contributed by atoms with Crippen molar-refractivity contribution in [1.29, 1.82) is 0 Å². The van der Waals surface area contributed by atoms with Gasteiger partial charge in [0.1, 0.15) is 0 Å². The first kappa shape index (κ1) is 14.2. The molecule has 1 heterocycles. The Bertz CT molecular complexity index is 499. The van der Waals surface area contributed by atoms with Crippen molar-refractivity contribution in [2.75, 3.05) is 19.6 Å². The van der Waals surface area contributed by atoms with Gasteiger partial charge in [-0.15, -0.1) is 0 Å². The minimum atomic E-state index is -1.13. The molecule has 3 N–H and O–H groups in total. The molecule has 4 nitrogen and oxygen atoms in total. The smallest absolute Gasteiger partial charge is 0.252 e. The number of β-amino-alcohol motifs (C(OH)–C–C–N with tert-alkyl or cyclic N) is 1. The maximum atomic E-state index is 13.1. The number of carbonyl (C=O) groups is 1. The third-order valence-corrected chi connectivity index (χ3v) is 3.40. The highest BCUT2D eigenvalue weighted by Gasteiger charge is 2.25. The third kappa shape index (κ3) is 3.20. The SMILES string of the molecule is O=C(NCC1CNCC1O)c1cc(F)c(F)cc1Cl. The predicted molar refractivity (Wildman–Crippen MR) is 66.1 cm³/mol. The second kappa shape index (κ2) is 5.81. The molecular weight excluding hydrogens is 278 g/mol. The van der Waals surface area contributed by atoms with Gasteiger partial charge in [0.25, 0.3) is 5.91 Å². The monoisotopic (exact) mass is 290 g/mol. The van der Waals surface area contributed by atoms with E-state index in [0.717, 1.165) is 12.1 Å². The molecule has 0 radical (unpaired) electrons. The fourth-order valence-corrected chi connectivity index (χ4v) is 2.18. The summed E-state index contributed by atoms with van der Waals surface area (Å²) < 4.78 is 25.9. The Hall–Kier alpha value is -1.24. The minimum absolute atomic E-state index is 0.104. The van der Waals surface area contributed by atoms with Gasteiger partial charge in [0, 0.05) is 25.6 Å². The maximum Gasteiger partial charge on any atom is 0.252 e. The molecule has 1 saturated heterocycles. The summed E-state index contributed by atoms with van der Waals surface area (Å²) >= 11 is 5.69. The van der Waals surface area contributed by atoms with Crippen LogP contribution in [0.3, 0.4) is 0 Å². The van der Waals surface area contributed by atoms with Crippen LogP contribution in [0.25, 0.3) is 0 Å². The van der Waals surface area contributed by atoms with E-state index in [1.54, 1.807) is 0 Å². The molecule has 1 aliphatic rings. The van der Waals surface area contributed by atoms with Crippen LogP contribution in [0.5, 0.6) is 0 Å². The fraction of sp³-hybridized carbons (Fsp3) is 0.417. The molecule has 19 heavy (non-hydrogen) atoms. The Morgan fingerprint density at radius 3 is 2.74 bits per heavy atom. The highest BCUT2D eigenvalue weighted by Crippen LogP contribution is 2.20. The summed E-state index contributed by atoms with van der Waals surface area (Å²) in [5.74, 6) is -2.93. The number of halogens is 3. The first-order chi connectivity index (χ1) is 8.99. The van der Waals surface area contributed by atoms with Crippen LogP contribution in [-0.2, 0) is 0 Å². The molecule has 2 atom stereocenters. The van der Waals surface area contributed by atoms with Crippen molar-refractivity contribution < 1.29 is 18.7 Å². The molecule has 0 bridgehead atoms. The molecule has 1 aromatic carbocycles. The van der Waals surface area contributed by atoms with Crippen molar-refractivity contribution in [1.82, 2.24) is 10.6 Å². The summed E-state index contributed by atoms with van der Waals surface area (Å²) in [6.45, 7) is 1.31. The molecule has 2 rings (SSSR count). The van der Waals surface area contributed by atoms with Crippen molar-refractivity contribution >= 4 is 17.5 Å². The molecule has 0 aromatic heterocycles. The van der Waals surface area contributed by atoms with Crippen LogP contribution in [0.2, 0.25) is 5.02 Å². The molecule has 2 unspecified atom stereocenters. The lowest BCUT2D eigenvalue weighted by Gasteiger charge is -2.14. The minimum Gasteiger partial charge on any atom is -0.391 e. The van der Waals surface area contributed by atoms with E-state index in [0.29, 0.717) is 13.1 Å². The summed E-state index contributed by atoms with van der Waals surface area (Å²) in [5.41, 5.74) is -0.124. The summed E-state index contributed by atoms with van der Waals surface area (Å²) in [4.78, 5) is 11.8. The zero-order valence-electron chi connectivity index (χ0n) is 9.92. The van der Waals surface area contributed by atoms with Crippen molar-refractivity contribution in [3.8, 4) is 0 Å². The highest BCUT2D eigenvalue weighted by molar-refractivity contribution is 6.33. The van der Waals surface area contributed by atoms with E-state index < -0.39 is 23.6 Å². The predicted octanol–water partition coefficient (Wildman–Crippen LogP) is 0.928. The maximum absolute atomic E-state index is 13.1. The van der Waals surface area contributed by atoms with Crippen LogP contribution >= 0.6 is 11.6 Å². The Morgan fingerprint density at radius 1 is 1.42 bits per heavy atom. The average molecular weight is 291 g/mol. The molecule has 0 saturated carbocycles. The van der Waals surface area contributed by atoms with Gasteiger partial charge >= 0.3 is 0 Å². The van der Waals surface area contributed by atoms with Gasteiger partial charge in [-0.1, -0.05) is 11.6 Å². The van der Waals surface area contributed by atoms with Gasteiger partial charge in [0.2, 0.25) is 0 Å². The number of rotatable bonds is 3. The number of aliphatic hydroxyl groups excluding tert-OH is 1. The van der Waals surface area contributed by atoms with Gasteiger partial charge in [-0.05, 0) is 12.1 Å². The molecule has 7 heteroatoms. The fourth-order valence-electron chi connectivity index (χ4n) is 1.94. The second-order valence-corrected chi connectivity index (χ2v) is 4.85. The highest BCUT2D eigenvalue weighted by atomic mass is 35.5. The number of nitrogens with one attached hydrogen (secondary N) is 2.